The second kappa shape index (κ2) is 6.54. The largest absolute Gasteiger partial charge is 0.302 e. The molecule has 0 fully saturated rings. The zero-order valence-corrected chi connectivity index (χ0v) is 8.38. The van der Waals surface area contributed by atoms with E-state index in [1.54, 1.807) is 0 Å². The zero-order chi connectivity index (χ0) is 10.3. The van der Waals surface area contributed by atoms with Crippen molar-refractivity contribution >= 4 is 11.6 Å². The van der Waals surface area contributed by atoms with Crippen LogP contribution in [-0.2, 0) is 9.59 Å². The summed E-state index contributed by atoms with van der Waals surface area (Å²) in [7, 11) is 3.71. The van der Waals surface area contributed by atoms with Crippen LogP contribution in [0.25, 0.3) is 0 Å². The highest BCUT2D eigenvalue weighted by molar-refractivity contribution is 5.89. The van der Waals surface area contributed by atoms with Gasteiger partial charge < -0.3 is 4.90 Å². The Morgan fingerprint density at radius 2 is 1.92 bits per heavy atom. The van der Waals surface area contributed by atoms with Gasteiger partial charge in [0.15, 0.2) is 5.78 Å². The molecule has 0 aliphatic heterocycles. The first-order chi connectivity index (χ1) is 6.06. The molecule has 0 rings (SSSR count). The second-order valence-corrected chi connectivity index (χ2v) is 3.30. The van der Waals surface area contributed by atoms with E-state index in [2.05, 4.69) is 6.58 Å². The van der Waals surface area contributed by atoms with Gasteiger partial charge in [-0.3, -0.25) is 9.59 Å². The van der Waals surface area contributed by atoms with Gasteiger partial charge in [-0.15, -0.1) is 0 Å². The molecule has 0 radical (unpaired) electrons. The second-order valence-electron chi connectivity index (χ2n) is 3.30. The van der Waals surface area contributed by atoms with E-state index in [1.807, 2.05) is 19.0 Å². The summed E-state index contributed by atoms with van der Waals surface area (Å²) >= 11 is 0. The van der Waals surface area contributed by atoms with Crippen LogP contribution in [0.4, 0.5) is 0 Å². The molecular formula is C10H17NO2. The molecule has 0 saturated heterocycles. The van der Waals surface area contributed by atoms with Gasteiger partial charge in [-0.1, -0.05) is 6.58 Å². The number of likely N-dealkylation sites (N-methyl/N-ethyl adjacent to an activating group) is 1. The number of carbonyl (C=O) groups excluding carboxylic acids is 2. The molecular weight excluding hydrogens is 166 g/mol. The van der Waals surface area contributed by atoms with Gasteiger partial charge in [0.1, 0.15) is 5.78 Å². The molecule has 0 unspecified atom stereocenters. The summed E-state index contributed by atoms with van der Waals surface area (Å²) in [5.74, 6) is 0.194. The maximum atomic E-state index is 11.1. The van der Waals surface area contributed by atoms with Crippen molar-refractivity contribution in [3.8, 4) is 0 Å². The number of Topliss-reactive ketones (excluding diaryl/α,β-unsaturated/α-hetero) is 1. The first kappa shape index (κ1) is 12.0. The molecule has 0 aromatic heterocycles. The summed E-state index contributed by atoms with van der Waals surface area (Å²) < 4.78 is 0. The average molecular weight is 183 g/mol. The zero-order valence-electron chi connectivity index (χ0n) is 8.38. The van der Waals surface area contributed by atoms with E-state index in [9.17, 15) is 9.59 Å². The Balaban J connectivity index is 3.48. The monoisotopic (exact) mass is 183 g/mol. The molecule has 0 aromatic rings. The Morgan fingerprint density at radius 1 is 1.31 bits per heavy atom. The Labute approximate surface area is 79.4 Å². The van der Waals surface area contributed by atoms with Crippen molar-refractivity contribution in [2.45, 2.75) is 19.3 Å². The first-order valence-corrected chi connectivity index (χ1v) is 4.38. The van der Waals surface area contributed by atoms with Crippen molar-refractivity contribution in [3.63, 3.8) is 0 Å². The minimum Gasteiger partial charge on any atom is -0.302 e. The molecule has 0 aromatic carbocycles. The number of hydrogen-bond acceptors (Lipinski definition) is 3. The van der Waals surface area contributed by atoms with Crippen molar-refractivity contribution in [2.24, 2.45) is 0 Å². The molecule has 0 N–H and O–H groups in total. The molecule has 0 aliphatic rings. The summed E-state index contributed by atoms with van der Waals surface area (Å²) in [6.45, 7) is 3.82. The summed E-state index contributed by atoms with van der Waals surface area (Å²) in [5.41, 5.74) is 0. The van der Waals surface area contributed by atoms with E-state index in [-0.39, 0.29) is 11.6 Å². The van der Waals surface area contributed by atoms with Gasteiger partial charge in [-0.2, -0.15) is 0 Å². The van der Waals surface area contributed by atoms with Crippen LogP contribution in [0.2, 0.25) is 0 Å². The first-order valence-electron chi connectivity index (χ1n) is 4.38. The summed E-state index contributed by atoms with van der Waals surface area (Å²) in [5, 5.41) is 0. The molecule has 0 atom stereocenters. The SMILES string of the molecule is C=CC(=O)CCCC(=O)CN(C)C. The maximum Gasteiger partial charge on any atom is 0.155 e. The Kier molecular flexibility index (Phi) is 6.06. The van der Waals surface area contributed by atoms with Crippen LogP contribution >= 0.6 is 0 Å². The fourth-order valence-electron chi connectivity index (χ4n) is 0.994. The molecule has 0 saturated carbocycles. The maximum absolute atomic E-state index is 11.1. The van der Waals surface area contributed by atoms with E-state index in [0.29, 0.717) is 25.8 Å². The van der Waals surface area contributed by atoms with E-state index >= 15 is 0 Å². The molecule has 0 bridgehead atoms. The predicted octanol–water partition coefficient (Wildman–Crippen LogP) is 1.04. The molecule has 13 heavy (non-hydrogen) atoms. The van der Waals surface area contributed by atoms with Gasteiger partial charge in [-0.05, 0) is 26.6 Å². The lowest BCUT2D eigenvalue weighted by atomic mass is 10.1. The molecule has 74 valence electrons. The van der Waals surface area contributed by atoms with Crippen LogP contribution < -0.4 is 0 Å². The minimum atomic E-state index is 0.0117. The lowest BCUT2D eigenvalue weighted by Gasteiger charge is -2.07. The van der Waals surface area contributed by atoms with Crippen LogP contribution in [0.3, 0.4) is 0 Å². The van der Waals surface area contributed by atoms with E-state index in [4.69, 9.17) is 0 Å². The average Bonchev–Trinajstić information content (AvgIpc) is 2.02. The smallest absolute Gasteiger partial charge is 0.155 e. The summed E-state index contributed by atoms with van der Waals surface area (Å²) in [6, 6.07) is 0. The quantitative estimate of drug-likeness (QED) is 0.553. The molecule has 3 heteroatoms. The van der Waals surface area contributed by atoms with Crippen LogP contribution in [0.15, 0.2) is 12.7 Å². The van der Waals surface area contributed by atoms with Crippen molar-refractivity contribution < 1.29 is 9.59 Å². The standard InChI is InChI=1S/C10H17NO2/c1-4-9(12)6-5-7-10(13)8-11(2)3/h4H,1,5-8H2,2-3H3. The number of allylic oxidation sites excluding steroid dienone is 1. The van der Waals surface area contributed by atoms with Crippen LogP contribution in [0.5, 0.6) is 0 Å². The van der Waals surface area contributed by atoms with Gasteiger partial charge >= 0.3 is 0 Å². The van der Waals surface area contributed by atoms with Gasteiger partial charge in [0.05, 0.1) is 6.54 Å². The van der Waals surface area contributed by atoms with E-state index in [0.717, 1.165) is 0 Å². The Hall–Kier alpha value is -0.960. The number of rotatable bonds is 7. The highest BCUT2D eigenvalue weighted by Gasteiger charge is 2.04. The third-order valence-corrected chi connectivity index (χ3v) is 1.60. The van der Waals surface area contributed by atoms with Gasteiger partial charge in [0.2, 0.25) is 0 Å². The van der Waals surface area contributed by atoms with Gasteiger partial charge in [-0.25, -0.2) is 0 Å². The predicted molar refractivity (Wildman–Crippen MR) is 52.6 cm³/mol. The van der Waals surface area contributed by atoms with Crippen molar-refractivity contribution in [1.29, 1.82) is 0 Å². The molecule has 0 spiro atoms. The van der Waals surface area contributed by atoms with E-state index < -0.39 is 0 Å². The highest BCUT2D eigenvalue weighted by atomic mass is 16.1. The van der Waals surface area contributed by atoms with E-state index in [1.165, 1.54) is 6.08 Å². The van der Waals surface area contributed by atoms with Crippen molar-refractivity contribution in [1.82, 2.24) is 4.90 Å². The Bertz CT molecular complexity index is 197. The van der Waals surface area contributed by atoms with Crippen LogP contribution in [-0.4, -0.2) is 37.1 Å². The van der Waals surface area contributed by atoms with Gasteiger partial charge in [0, 0.05) is 12.8 Å². The number of ketones is 2. The van der Waals surface area contributed by atoms with Crippen LogP contribution in [0, 0.1) is 0 Å². The highest BCUT2D eigenvalue weighted by Crippen LogP contribution is 1.98. The number of hydrogen-bond donors (Lipinski definition) is 0. The summed E-state index contributed by atoms with van der Waals surface area (Å²) in [4.78, 5) is 23.8. The third-order valence-electron chi connectivity index (χ3n) is 1.60. The topological polar surface area (TPSA) is 37.4 Å². The fraction of sp³-hybridized carbons (Fsp3) is 0.600. The lowest BCUT2D eigenvalue weighted by molar-refractivity contribution is -0.119. The third kappa shape index (κ3) is 7.40. The molecule has 0 heterocycles. The Morgan fingerprint density at radius 3 is 2.38 bits per heavy atom. The normalized spacial score (nSPS) is 10.1. The number of nitrogens with zero attached hydrogens (tertiary/aromatic N) is 1. The summed E-state index contributed by atoms with van der Waals surface area (Å²) in [6.07, 6.45) is 2.86. The minimum absolute atomic E-state index is 0.0117. The number of carbonyl (C=O) groups is 2. The van der Waals surface area contributed by atoms with Crippen molar-refractivity contribution in [3.05, 3.63) is 12.7 Å². The molecule has 0 aliphatic carbocycles. The molecule has 3 nitrogen and oxygen atoms in total. The van der Waals surface area contributed by atoms with Crippen molar-refractivity contribution in [2.75, 3.05) is 20.6 Å². The van der Waals surface area contributed by atoms with Crippen LogP contribution in [0.1, 0.15) is 19.3 Å². The fourth-order valence-corrected chi connectivity index (χ4v) is 0.994. The lowest BCUT2D eigenvalue weighted by Crippen LogP contribution is -2.21. The molecule has 0 amide bonds. The van der Waals surface area contributed by atoms with Gasteiger partial charge in [0.25, 0.3) is 0 Å².